The van der Waals surface area contributed by atoms with E-state index in [4.69, 9.17) is 10.00 Å². The summed E-state index contributed by atoms with van der Waals surface area (Å²) in [7, 11) is 0. The molecule has 0 aliphatic rings. The zero-order valence-electron chi connectivity index (χ0n) is 11.5. The summed E-state index contributed by atoms with van der Waals surface area (Å²) in [5, 5.41) is 8.95. The molecule has 0 bridgehead atoms. The molecular weight excluding hydrogens is 234 g/mol. The van der Waals surface area contributed by atoms with Crippen LogP contribution in [0.1, 0.15) is 35.3 Å². The van der Waals surface area contributed by atoms with E-state index in [2.05, 4.69) is 18.2 Å². The fraction of sp³-hybridized carbons (Fsp3) is 0.235. The van der Waals surface area contributed by atoms with Crippen molar-refractivity contribution in [3.63, 3.8) is 0 Å². The zero-order chi connectivity index (χ0) is 13.8. The average Bonchev–Trinajstić information content (AvgIpc) is 2.43. The fourth-order valence-electron chi connectivity index (χ4n) is 2.17. The molecular formula is C17H17NO. The zero-order valence-corrected chi connectivity index (χ0v) is 11.5. The van der Waals surface area contributed by atoms with E-state index in [9.17, 15) is 0 Å². The minimum atomic E-state index is -0.00784. The van der Waals surface area contributed by atoms with E-state index in [1.807, 2.05) is 51.1 Å². The van der Waals surface area contributed by atoms with Gasteiger partial charge in [-0.15, -0.1) is 0 Å². The van der Waals surface area contributed by atoms with Crippen LogP contribution in [0.25, 0.3) is 0 Å². The Kier molecular flexibility index (Phi) is 3.87. The molecule has 2 aromatic carbocycles. The van der Waals surface area contributed by atoms with E-state index in [-0.39, 0.29) is 6.10 Å². The van der Waals surface area contributed by atoms with Gasteiger partial charge in [0.2, 0.25) is 0 Å². The standard InChI is InChI=1S/C17H17NO/c1-12-9-15(11-18)10-13(2)17(12)19-14(3)16-7-5-4-6-8-16/h4-10,14H,1-3H3. The number of aryl methyl sites for hydroxylation is 2. The molecule has 0 saturated carbocycles. The van der Waals surface area contributed by atoms with E-state index in [1.165, 1.54) is 0 Å². The summed E-state index contributed by atoms with van der Waals surface area (Å²) in [4.78, 5) is 0. The maximum Gasteiger partial charge on any atom is 0.126 e. The van der Waals surface area contributed by atoms with Gasteiger partial charge in [0.05, 0.1) is 11.6 Å². The summed E-state index contributed by atoms with van der Waals surface area (Å²) in [6.07, 6.45) is -0.00784. The summed E-state index contributed by atoms with van der Waals surface area (Å²) in [6.45, 7) is 5.98. The molecule has 0 saturated heterocycles. The second-order valence-corrected chi connectivity index (χ2v) is 4.72. The predicted octanol–water partition coefficient (Wildman–Crippen LogP) is 4.32. The molecule has 0 N–H and O–H groups in total. The van der Waals surface area contributed by atoms with Gasteiger partial charge in [-0.3, -0.25) is 0 Å². The first-order valence-corrected chi connectivity index (χ1v) is 6.34. The molecule has 96 valence electrons. The smallest absolute Gasteiger partial charge is 0.126 e. The molecule has 2 heteroatoms. The Morgan fingerprint density at radius 1 is 1.05 bits per heavy atom. The van der Waals surface area contributed by atoms with Gasteiger partial charge in [0.25, 0.3) is 0 Å². The van der Waals surface area contributed by atoms with Crippen molar-refractivity contribution in [3.8, 4) is 11.8 Å². The lowest BCUT2D eigenvalue weighted by molar-refractivity contribution is 0.224. The van der Waals surface area contributed by atoms with Gasteiger partial charge in [-0.25, -0.2) is 0 Å². The molecule has 19 heavy (non-hydrogen) atoms. The van der Waals surface area contributed by atoms with Crippen molar-refractivity contribution in [1.29, 1.82) is 5.26 Å². The van der Waals surface area contributed by atoms with E-state index in [0.29, 0.717) is 5.56 Å². The number of ether oxygens (including phenoxy) is 1. The largest absolute Gasteiger partial charge is 0.485 e. The van der Waals surface area contributed by atoms with Crippen LogP contribution < -0.4 is 4.74 Å². The van der Waals surface area contributed by atoms with Crippen molar-refractivity contribution in [2.45, 2.75) is 26.9 Å². The number of benzene rings is 2. The van der Waals surface area contributed by atoms with Crippen LogP contribution in [-0.4, -0.2) is 0 Å². The number of hydrogen-bond donors (Lipinski definition) is 0. The van der Waals surface area contributed by atoms with Crippen molar-refractivity contribution < 1.29 is 4.74 Å². The number of rotatable bonds is 3. The van der Waals surface area contributed by atoms with Crippen molar-refractivity contribution in [3.05, 3.63) is 64.7 Å². The van der Waals surface area contributed by atoms with Crippen LogP contribution in [0.15, 0.2) is 42.5 Å². The summed E-state index contributed by atoms with van der Waals surface area (Å²) in [5.41, 5.74) is 3.82. The van der Waals surface area contributed by atoms with Gasteiger partial charge in [-0.1, -0.05) is 30.3 Å². The van der Waals surface area contributed by atoms with Crippen LogP contribution in [0.4, 0.5) is 0 Å². The normalized spacial score (nSPS) is 11.7. The average molecular weight is 251 g/mol. The van der Waals surface area contributed by atoms with Crippen molar-refractivity contribution in [2.24, 2.45) is 0 Å². The van der Waals surface area contributed by atoms with Gasteiger partial charge in [0, 0.05) is 0 Å². The summed E-state index contributed by atoms with van der Waals surface area (Å²) in [6, 6.07) is 16.0. The van der Waals surface area contributed by atoms with Gasteiger partial charge < -0.3 is 4.74 Å². The lowest BCUT2D eigenvalue weighted by Crippen LogP contribution is -2.05. The highest BCUT2D eigenvalue weighted by Gasteiger charge is 2.11. The maximum absolute atomic E-state index is 8.95. The quantitative estimate of drug-likeness (QED) is 0.814. The molecule has 0 aromatic heterocycles. The predicted molar refractivity (Wildman–Crippen MR) is 76.1 cm³/mol. The molecule has 0 aliphatic carbocycles. The summed E-state index contributed by atoms with van der Waals surface area (Å²) >= 11 is 0. The van der Waals surface area contributed by atoms with Crippen LogP contribution in [0.5, 0.6) is 5.75 Å². The summed E-state index contributed by atoms with van der Waals surface area (Å²) in [5.74, 6) is 0.871. The Labute approximate surface area is 114 Å². The highest BCUT2D eigenvalue weighted by atomic mass is 16.5. The molecule has 0 fully saturated rings. The number of nitriles is 1. The highest BCUT2D eigenvalue weighted by Crippen LogP contribution is 2.29. The number of nitrogens with zero attached hydrogens (tertiary/aromatic N) is 1. The van der Waals surface area contributed by atoms with Crippen LogP contribution >= 0.6 is 0 Å². The molecule has 0 amide bonds. The van der Waals surface area contributed by atoms with Crippen molar-refractivity contribution in [1.82, 2.24) is 0 Å². The third kappa shape index (κ3) is 2.95. The maximum atomic E-state index is 8.95. The topological polar surface area (TPSA) is 33.0 Å². The Bertz CT molecular complexity index is 588. The van der Waals surface area contributed by atoms with Gasteiger partial charge in [0.15, 0.2) is 0 Å². The third-order valence-corrected chi connectivity index (χ3v) is 3.15. The van der Waals surface area contributed by atoms with Gasteiger partial charge in [0.1, 0.15) is 11.9 Å². The second kappa shape index (κ2) is 5.58. The van der Waals surface area contributed by atoms with Gasteiger partial charge >= 0.3 is 0 Å². The SMILES string of the molecule is Cc1cc(C#N)cc(C)c1OC(C)c1ccccc1. The Morgan fingerprint density at radius 3 is 2.16 bits per heavy atom. The van der Waals surface area contributed by atoms with E-state index in [1.54, 1.807) is 0 Å². The van der Waals surface area contributed by atoms with Crippen molar-refractivity contribution in [2.75, 3.05) is 0 Å². The van der Waals surface area contributed by atoms with Crippen LogP contribution in [-0.2, 0) is 0 Å². The Hall–Kier alpha value is -2.27. The molecule has 2 nitrogen and oxygen atoms in total. The second-order valence-electron chi connectivity index (χ2n) is 4.72. The summed E-state index contributed by atoms with van der Waals surface area (Å²) < 4.78 is 6.05. The van der Waals surface area contributed by atoms with Crippen LogP contribution in [0.2, 0.25) is 0 Å². The molecule has 0 radical (unpaired) electrons. The van der Waals surface area contributed by atoms with E-state index < -0.39 is 0 Å². The van der Waals surface area contributed by atoms with Crippen LogP contribution in [0, 0.1) is 25.2 Å². The Balaban J connectivity index is 2.27. The minimum Gasteiger partial charge on any atom is -0.485 e. The Morgan fingerprint density at radius 2 is 1.63 bits per heavy atom. The fourth-order valence-corrected chi connectivity index (χ4v) is 2.17. The first kappa shape index (κ1) is 13.2. The van der Waals surface area contributed by atoms with Crippen LogP contribution in [0.3, 0.4) is 0 Å². The lowest BCUT2D eigenvalue weighted by atomic mass is 10.1. The minimum absolute atomic E-state index is 0.00784. The monoisotopic (exact) mass is 251 g/mol. The van der Waals surface area contributed by atoms with E-state index in [0.717, 1.165) is 22.4 Å². The molecule has 1 unspecified atom stereocenters. The highest BCUT2D eigenvalue weighted by molar-refractivity contribution is 5.47. The van der Waals surface area contributed by atoms with Crippen molar-refractivity contribution >= 4 is 0 Å². The molecule has 0 aliphatic heterocycles. The van der Waals surface area contributed by atoms with Gasteiger partial charge in [-0.05, 0) is 49.6 Å². The lowest BCUT2D eigenvalue weighted by Gasteiger charge is -2.19. The molecule has 2 aromatic rings. The third-order valence-electron chi connectivity index (χ3n) is 3.15. The van der Waals surface area contributed by atoms with E-state index >= 15 is 0 Å². The molecule has 0 heterocycles. The molecule has 2 rings (SSSR count). The number of hydrogen-bond acceptors (Lipinski definition) is 2. The molecule has 0 spiro atoms. The first-order valence-electron chi connectivity index (χ1n) is 6.34. The molecule has 1 atom stereocenters. The first-order chi connectivity index (χ1) is 9.11. The van der Waals surface area contributed by atoms with Gasteiger partial charge in [-0.2, -0.15) is 5.26 Å².